The second-order valence-electron chi connectivity index (χ2n) is 7.13. The fourth-order valence-electron chi connectivity index (χ4n) is 2.97. The van der Waals surface area contributed by atoms with Crippen LogP contribution in [0.2, 0.25) is 0 Å². The molecule has 0 saturated heterocycles. The lowest BCUT2D eigenvalue weighted by atomic mass is 10.1. The van der Waals surface area contributed by atoms with Gasteiger partial charge in [-0.05, 0) is 45.6 Å². The van der Waals surface area contributed by atoms with Gasteiger partial charge in [0.25, 0.3) is 0 Å². The molecular weight excluding hydrogens is 310 g/mol. The van der Waals surface area contributed by atoms with Gasteiger partial charge in [-0.15, -0.1) is 0 Å². The van der Waals surface area contributed by atoms with Gasteiger partial charge in [-0.1, -0.05) is 76.9 Å². The Kier molecular flexibility index (Phi) is 21.3. The molecule has 2 N–H and O–H groups in total. The van der Waals surface area contributed by atoms with E-state index in [0.29, 0.717) is 6.61 Å². The monoisotopic (exact) mass is 355 g/mol. The van der Waals surface area contributed by atoms with Gasteiger partial charge < -0.3 is 9.84 Å². The summed E-state index contributed by atoms with van der Waals surface area (Å²) in [6.45, 7) is 5.80. The van der Waals surface area contributed by atoms with E-state index in [9.17, 15) is 0 Å². The molecule has 0 aliphatic heterocycles. The summed E-state index contributed by atoms with van der Waals surface area (Å²) in [4.78, 5) is 0. The molecule has 0 aromatic rings. The zero-order valence-electron chi connectivity index (χ0n) is 17.1. The van der Waals surface area contributed by atoms with Crippen LogP contribution >= 0.6 is 0 Å². The predicted molar refractivity (Wildman–Crippen MR) is 110 cm³/mol. The van der Waals surface area contributed by atoms with E-state index in [0.717, 1.165) is 6.54 Å². The van der Waals surface area contributed by atoms with Gasteiger partial charge in [0.05, 0.1) is 13.2 Å². The van der Waals surface area contributed by atoms with Crippen molar-refractivity contribution in [2.75, 3.05) is 19.8 Å². The fraction of sp³-hybridized carbons (Fsp3) is 0.909. The molecule has 0 amide bonds. The van der Waals surface area contributed by atoms with Crippen molar-refractivity contribution in [1.29, 1.82) is 0 Å². The lowest BCUT2D eigenvalue weighted by Gasteiger charge is -2.13. The van der Waals surface area contributed by atoms with Crippen molar-refractivity contribution in [1.82, 2.24) is 5.32 Å². The Balaban J connectivity index is 3.12. The highest BCUT2D eigenvalue weighted by molar-refractivity contribution is 4.81. The van der Waals surface area contributed by atoms with Crippen molar-refractivity contribution in [3.63, 3.8) is 0 Å². The van der Waals surface area contributed by atoms with Crippen molar-refractivity contribution >= 4 is 0 Å². The molecule has 0 aromatic carbocycles. The summed E-state index contributed by atoms with van der Waals surface area (Å²) >= 11 is 0. The molecule has 0 fully saturated rings. The second-order valence-corrected chi connectivity index (χ2v) is 7.13. The van der Waals surface area contributed by atoms with E-state index >= 15 is 0 Å². The Morgan fingerprint density at radius 2 is 1.32 bits per heavy atom. The molecule has 0 bridgehead atoms. The first kappa shape index (κ1) is 24.6. The third-order valence-corrected chi connectivity index (χ3v) is 4.58. The average molecular weight is 356 g/mol. The maximum absolute atomic E-state index is 8.68. The summed E-state index contributed by atoms with van der Waals surface area (Å²) in [5.41, 5.74) is 0. The molecule has 25 heavy (non-hydrogen) atoms. The summed E-state index contributed by atoms with van der Waals surface area (Å²) in [6.07, 6.45) is 23.7. The molecule has 3 nitrogen and oxygen atoms in total. The minimum atomic E-state index is 0.0512. The number of hydrogen-bond donors (Lipinski definition) is 2. The number of ether oxygens (including phenoxy) is 1. The average Bonchev–Trinajstić information content (AvgIpc) is 2.62. The van der Waals surface area contributed by atoms with E-state index in [2.05, 4.69) is 24.4 Å². The van der Waals surface area contributed by atoms with Gasteiger partial charge in [0.2, 0.25) is 0 Å². The summed E-state index contributed by atoms with van der Waals surface area (Å²) in [6, 6.07) is 0. The molecule has 150 valence electrons. The van der Waals surface area contributed by atoms with Crippen molar-refractivity contribution in [3.05, 3.63) is 12.2 Å². The van der Waals surface area contributed by atoms with E-state index in [1.807, 2.05) is 6.92 Å². The predicted octanol–water partition coefficient (Wildman–Crippen LogP) is 5.97. The number of allylic oxidation sites excluding steroid dienone is 2. The molecule has 0 heterocycles. The standard InChI is InChI=1S/C22H45NO2/c1-3-4-5-6-7-8-9-10-11-12-13-14-15-16-17-18-19-23-22(2)25-21-20-24/h10-11,22-24H,3-9,12-21H2,1-2H3. The van der Waals surface area contributed by atoms with Crippen LogP contribution in [-0.4, -0.2) is 31.1 Å². The summed E-state index contributed by atoms with van der Waals surface area (Å²) in [5, 5.41) is 12.0. The number of nitrogens with one attached hydrogen (secondary N) is 1. The zero-order valence-corrected chi connectivity index (χ0v) is 17.1. The third kappa shape index (κ3) is 21.6. The molecule has 3 heteroatoms. The zero-order chi connectivity index (χ0) is 18.4. The lowest BCUT2D eigenvalue weighted by molar-refractivity contribution is 0.0203. The van der Waals surface area contributed by atoms with Gasteiger partial charge in [0, 0.05) is 0 Å². The molecule has 0 aliphatic rings. The van der Waals surface area contributed by atoms with Gasteiger partial charge in [0.15, 0.2) is 0 Å². The number of unbranched alkanes of at least 4 members (excludes halogenated alkanes) is 12. The minimum Gasteiger partial charge on any atom is -0.394 e. The molecule has 1 unspecified atom stereocenters. The van der Waals surface area contributed by atoms with E-state index in [4.69, 9.17) is 9.84 Å². The van der Waals surface area contributed by atoms with Crippen LogP contribution in [0.1, 0.15) is 104 Å². The first-order valence-corrected chi connectivity index (χ1v) is 10.9. The van der Waals surface area contributed by atoms with Crippen LogP contribution in [0.25, 0.3) is 0 Å². The summed E-state index contributed by atoms with van der Waals surface area (Å²) < 4.78 is 5.35. The van der Waals surface area contributed by atoms with Crippen LogP contribution in [0.3, 0.4) is 0 Å². The summed E-state index contributed by atoms with van der Waals surface area (Å²) in [5.74, 6) is 0. The molecular formula is C22H45NO2. The quantitative estimate of drug-likeness (QED) is 0.161. The van der Waals surface area contributed by atoms with Crippen molar-refractivity contribution in [3.8, 4) is 0 Å². The number of rotatable bonds is 20. The third-order valence-electron chi connectivity index (χ3n) is 4.58. The first-order chi connectivity index (χ1) is 12.3. The van der Waals surface area contributed by atoms with Gasteiger partial charge in [-0.3, -0.25) is 5.32 Å². The molecule has 1 atom stereocenters. The highest BCUT2D eigenvalue weighted by Crippen LogP contribution is 2.09. The van der Waals surface area contributed by atoms with E-state index in [-0.39, 0.29) is 12.8 Å². The van der Waals surface area contributed by atoms with E-state index in [1.54, 1.807) is 0 Å². The van der Waals surface area contributed by atoms with Crippen LogP contribution in [-0.2, 0) is 4.74 Å². The smallest absolute Gasteiger partial charge is 0.105 e. The molecule has 0 saturated carbocycles. The Morgan fingerprint density at radius 3 is 1.88 bits per heavy atom. The Labute approximate surface area is 157 Å². The van der Waals surface area contributed by atoms with Gasteiger partial charge in [-0.25, -0.2) is 0 Å². The van der Waals surface area contributed by atoms with Gasteiger partial charge in [0.1, 0.15) is 6.23 Å². The highest BCUT2D eigenvalue weighted by atomic mass is 16.5. The van der Waals surface area contributed by atoms with Crippen LogP contribution in [0, 0.1) is 0 Å². The first-order valence-electron chi connectivity index (χ1n) is 10.9. The number of aliphatic hydroxyl groups is 1. The van der Waals surface area contributed by atoms with Gasteiger partial charge >= 0.3 is 0 Å². The topological polar surface area (TPSA) is 41.5 Å². The van der Waals surface area contributed by atoms with Crippen molar-refractivity contribution in [2.24, 2.45) is 0 Å². The van der Waals surface area contributed by atoms with Gasteiger partial charge in [-0.2, -0.15) is 0 Å². The van der Waals surface area contributed by atoms with Crippen LogP contribution < -0.4 is 5.32 Å². The van der Waals surface area contributed by atoms with Crippen LogP contribution in [0.15, 0.2) is 12.2 Å². The molecule has 0 rings (SSSR count). The van der Waals surface area contributed by atoms with E-state index < -0.39 is 0 Å². The van der Waals surface area contributed by atoms with Crippen LogP contribution in [0.5, 0.6) is 0 Å². The normalized spacial score (nSPS) is 12.9. The fourth-order valence-corrected chi connectivity index (χ4v) is 2.97. The van der Waals surface area contributed by atoms with Crippen LogP contribution in [0.4, 0.5) is 0 Å². The second kappa shape index (κ2) is 21.7. The van der Waals surface area contributed by atoms with E-state index in [1.165, 1.54) is 89.9 Å². The molecule has 0 aliphatic carbocycles. The van der Waals surface area contributed by atoms with Crippen molar-refractivity contribution < 1.29 is 9.84 Å². The molecule has 0 aromatic heterocycles. The minimum absolute atomic E-state index is 0.0512. The lowest BCUT2D eigenvalue weighted by Crippen LogP contribution is -2.30. The molecule has 0 radical (unpaired) electrons. The largest absolute Gasteiger partial charge is 0.394 e. The SMILES string of the molecule is CCCCCCCCC=CCCCCCCCCNC(C)OCCO. The summed E-state index contributed by atoms with van der Waals surface area (Å²) in [7, 11) is 0. The van der Waals surface area contributed by atoms with Crippen molar-refractivity contribution in [2.45, 2.75) is 110 Å². The Hall–Kier alpha value is -0.380. The number of aliphatic hydroxyl groups excluding tert-OH is 1. The molecule has 0 spiro atoms. The maximum Gasteiger partial charge on any atom is 0.105 e. The highest BCUT2D eigenvalue weighted by Gasteiger charge is 1.99. The Bertz CT molecular complexity index is 269. The number of hydrogen-bond acceptors (Lipinski definition) is 3. The Morgan fingerprint density at radius 1 is 0.800 bits per heavy atom. The maximum atomic E-state index is 8.68.